The Hall–Kier alpha value is -1.89. The molecule has 4 rings (SSSR count). The van der Waals surface area contributed by atoms with Crippen molar-refractivity contribution in [2.75, 3.05) is 0 Å². The minimum atomic E-state index is -0.961. The summed E-state index contributed by atoms with van der Waals surface area (Å²) in [4.78, 5) is 40.7. The predicted molar refractivity (Wildman–Crippen MR) is 101 cm³/mol. The molecule has 1 aromatic heterocycles. The van der Waals surface area contributed by atoms with Gasteiger partial charge in [0.05, 0.1) is 11.5 Å². The van der Waals surface area contributed by atoms with Crippen LogP contribution in [0.3, 0.4) is 0 Å². The van der Waals surface area contributed by atoms with Gasteiger partial charge in [-0.15, -0.1) is 11.3 Å². The molecule has 2 N–H and O–H groups in total. The van der Waals surface area contributed by atoms with Crippen LogP contribution < -0.4 is 5.32 Å². The Morgan fingerprint density at radius 1 is 1.33 bits per heavy atom. The van der Waals surface area contributed by atoms with Crippen LogP contribution in [0.2, 0.25) is 0 Å². The summed E-state index contributed by atoms with van der Waals surface area (Å²) in [5.74, 6) is -1.04. The summed E-state index contributed by atoms with van der Waals surface area (Å²) >= 11 is 1.59. The van der Waals surface area contributed by atoms with E-state index >= 15 is 0 Å². The summed E-state index contributed by atoms with van der Waals surface area (Å²) in [5.41, 5.74) is 0.694. The van der Waals surface area contributed by atoms with Crippen LogP contribution in [-0.4, -0.2) is 39.9 Å². The summed E-state index contributed by atoms with van der Waals surface area (Å²) in [6.45, 7) is 4.08. The topological polar surface area (TPSA) is 86.7 Å². The first-order valence-corrected chi connectivity index (χ1v) is 10.7. The van der Waals surface area contributed by atoms with Crippen LogP contribution in [0.15, 0.2) is 11.4 Å². The molecule has 0 radical (unpaired) electrons. The normalized spacial score (nSPS) is 28.9. The van der Waals surface area contributed by atoms with Gasteiger partial charge in [0.2, 0.25) is 11.8 Å². The first kappa shape index (κ1) is 18.5. The number of aliphatic carboxylic acids is 1. The van der Waals surface area contributed by atoms with Crippen LogP contribution in [0.4, 0.5) is 0 Å². The molecule has 1 aromatic rings. The zero-order chi connectivity index (χ0) is 19.3. The summed E-state index contributed by atoms with van der Waals surface area (Å²) in [6.07, 6.45) is 4.18. The molecule has 3 atom stereocenters. The number of carboxylic acid groups (broad SMARTS) is 1. The number of rotatable bonds is 4. The molecule has 6 nitrogen and oxygen atoms in total. The highest BCUT2D eigenvalue weighted by molar-refractivity contribution is 7.10. The Morgan fingerprint density at radius 2 is 2.07 bits per heavy atom. The number of fused-ring (bicyclic) bond motifs is 3. The lowest BCUT2D eigenvalue weighted by Gasteiger charge is -2.40. The van der Waals surface area contributed by atoms with E-state index in [0.717, 1.165) is 36.1 Å². The van der Waals surface area contributed by atoms with Gasteiger partial charge in [0.25, 0.3) is 0 Å². The molecule has 27 heavy (non-hydrogen) atoms. The van der Waals surface area contributed by atoms with Crippen LogP contribution in [0, 0.1) is 11.3 Å². The Labute approximate surface area is 162 Å². The SMILES string of the molecule is CC(C)C1(C(=O)N[C@H]2Cc3sccc3C3CCC[C@@H](C(=O)O)N3C2=O)CC1. The summed E-state index contributed by atoms with van der Waals surface area (Å²) in [5, 5.41) is 14.7. The second-order valence-electron chi connectivity index (χ2n) is 8.39. The number of nitrogens with zero attached hydrogens (tertiary/aromatic N) is 1. The average Bonchev–Trinajstić information content (AvgIpc) is 3.35. The molecule has 2 fully saturated rings. The van der Waals surface area contributed by atoms with Gasteiger partial charge >= 0.3 is 5.97 Å². The molecular weight excluding hydrogens is 364 g/mol. The number of amides is 2. The third-order valence-electron chi connectivity index (χ3n) is 6.64. The maximum atomic E-state index is 13.4. The lowest BCUT2D eigenvalue weighted by atomic mass is 9.91. The molecule has 1 aliphatic carbocycles. The molecule has 1 saturated heterocycles. The van der Waals surface area contributed by atoms with E-state index in [1.54, 1.807) is 16.2 Å². The molecule has 0 spiro atoms. The summed E-state index contributed by atoms with van der Waals surface area (Å²) in [7, 11) is 0. The minimum absolute atomic E-state index is 0.0590. The second-order valence-corrected chi connectivity index (χ2v) is 9.39. The first-order valence-electron chi connectivity index (χ1n) is 9.77. The van der Waals surface area contributed by atoms with E-state index in [9.17, 15) is 19.5 Å². The van der Waals surface area contributed by atoms with Crippen molar-refractivity contribution in [2.45, 2.75) is 70.5 Å². The van der Waals surface area contributed by atoms with Crippen LogP contribution in [0.25, 0.3) is 0 Å². The molecule has 2 aliphatic heterocycles. The fourth-order valence-corrected chi connectivity index (χ4v) is 5.72. The van der Waals surface area contributed by atoms with Crippen molar-refractivity contribution in [3.63, 3.8) is 0 Å². The van der Waals surface area contributed by atoms with Crippen molar-refractivity contribution >= 4 is 29.1 Å². The molecule has 146 valence electrons. The highest BCUT2D eigenvalue weighted by Gasteiger charge is 2.53. The molecular formula is C20H26N2O4S. The number of carboxylic acids is 1. The number of carbonyl (C=O) groups excluding carboxylic acids is 2. The smallest absolute Gasteiger partial charge is 0.326 e. The fraction of sp³-hybridized carbons (Fsp3) is 0.650. The monoisotopic (exact) mass is 390 g/mol. The van der Waals surface area contributed by atoms with E-state index in [-0.39, 0.29) is 29.2 Å². The zero-order valence-corrected chi connectivity index (χ0v) is 16.6. The van der Waals surface area contributed by atoms with Crippen molar-refractivity contribution in [3.8, 4) is 0 Å². The second kappa shape index (κ2) is 6.62. The van der Waals surface area contributed by atoms with E-state index in [1.807, 2.05) is 25.3 Å². The van der Waals surface area contributed by atoms with Gasteiger partial charge in [-0.3, -0.25) is 9.59 Å². The maximum absolute atomic E-state index is 13.4. The van der Waals surface area contributed by atoms with Crippen molar-refractivity contribution < 1.29 is 19.5 Å². The Kier molecular flexibility index (Phi) is 4.53. The van der Waals surface area contributed by atoms with Crippen molar-refractivity contribution in [2.24, 2.45) is 11.3 Å². The molecule has 3 aliphatic rings. The van der Waals surface area contributed by atoms with Gasteiger partial charge in [0.1, 0.15) is 12.1 Å². The van der Waals surface area contributed by atoms with Crippen molar-refractivity contribution in [1.82, 2.24) is 10.2 Å². The lowest BCUT2D eigenvalue weighted by Crippen LogP contribution is -2.56. The quantitative estimate of drug-likeness (QED) is 0.828. The van der Waals surface area contributed by atoms with Crippen LogP contribution >= 0.6 is 11.3 Å². The van der Waals surface area contributed by atoms with Gasteiger partial charge in [-0.1, -0.05) is 13.8 Å². The van der Waals surface area contributed by atoms with Gasteiger partial charge in [0.15, 0.2) is 0 Å². The highest BCUT2D eigenvalue weighted by Crippen LogP contribution is 2.52. The largest absolute Gasteiger partial charge is 0.480 e. The Morgan fingerprint density at radius 3 is 2.70 bits per heavy atom. The highest BCUT2D eigenvalue weighted by atomic mass is 32.1. The molecule has 7 heteroatoms. The lowest BCUT2D eigenvalue weighted by molar-refractivity contribution is -0.156. The zero-order valence-electron chi connectivity index (χ0n) is 15.7. The number of hydrogen-bond acceptors (Lipinski definition) is 4. The van der Waals surface area contributed by atoms with Crippen molar-refractivity contribution in [1.29, 1.82) is 0 Å². The van der Waals surface area contributed by atoms with Gasteiger partial charge in [-0.2, -0.15) is 0 Å². The number of carbonyl (C=O) groups is 3. The van der Waals surface area contributed by atoms with Crippen LogP contribution in [-0.2, 0) is 20.8 Å². The minimum Gasteiger partial charge on any atom is -0.480 e. The maximum Gasteiger partial charge on any atom is 0.326 e. The number of thiophene rings is 1. The number of nitrogens with one attached hydrogen (secondary N) is 1. The Bertz CT molecular complexity index is 783. The fourth-order valence-electron chi connectivity index (χ4n) is 4.74. The van der Waals surface area contributed by atoms with Crippen LogP contribution in [0.1, 0.15) is 62.4 Å². The standard InChI is InChI=1S/C20H26N2O4S/c1-11(2)20(7-8-20)19(26)21-13-10-16-12(6-9-27-16)14-4-3-5-15(18(24)25)22(14)17(13)23/h6,9,11,13-15H,3-5,7-8,10H2,1-2H3,(H,21,26)(H,24,25)/t13-,14?,15-/m0/s1. The van der Waals surface area contributed by atoms with Gasteiger partial charge in [-0.05, 0) is 55.0 Å². The Balaban J connectivity index is 1.66. The molecule has 0 aromatic carbocycles. The summed E-state index contributed by atoms with van der Waals surface area (Å²) < 4.78 is 0. The van der Waals surface area contributed by atoms with Crippen molar-refractivity contribution in [3.05, 3.63) is 21.9 Å². The molecule has 3 heterocycles. The van der Waals surface area contributed by atoms with Gasteiger partial charge in [0, 0.05) is 11.3 Å². The van der Waals surface area contributed by atoms with E-state index in [1.165, 1.54) is 0 Å². The van der Waals surface area contributed by atoms with E-state index in [4.69, 9.17) is 0 Å². The number of piperidine rings is 1. The van der Waals surface area contributed by atoms with Gasteiger partial charge < -0.3 is 15.3 Å². The predicted octanol–water partition coefficient (Wildman–Crippen LogP) is 2.73. The molecule has 2 amide bonds. The van der Waals surface area contributed by atoms with E-state index in [2.05, 4.69) is 5.32 Å². The van der Waals surface area contributed by atoms with Crippen LogP contribution in [0.5, 0.6) is 0 Å². The molecule has 1 unspecified atom stereocenters. The average molecular weight is 391 g/mol. The third-order valence-corrected chi connectivity index (χ3v) is 7.60. The third kappa shape index (κ3) is 2.96. The van der Waals surface area contributed by atoms with Gasteiger partial charge in [-0.25, -0.2) is 4.79 Å². The molecule has 1 saturated carbocycles. The summed E-state index contributed by atoms with van der Waals surface area (Å²) in [6, 6.07) is 0.309. The van der Waals surface area contributed by atoms with E-state index in [0.29, 0.717) is 12.8 Å². The van der Waals surface area contributed by atoms with E-state index < -0.39 is 18.1 Å². The molecule has 0 bridgehead atoms. The first-order chi connectivity index (χ1) is 12.8. The number of hydrogen-bond donors (Lipinski definition) is 2.